The second-order valence-corrected chi connectivity index (χ2v) is 12.1. The Morgan fingerprint density at radius 3 is 2.26 bits per heavy atom. The molecule has 0 aliphatic rings. The topological polar surface area (TPSA) is 90.0 Å². The van der Waals surface area contributed by atoms with Crippen LogP contribution in [0.15, 0.2) is 46.9 Å². The largest absolute Gasteiger partial charge is 0.352 e. The summed E-state index contributed by atoms with van der Waals surface area (Å²) in [5.41, 5.74) is 2.82. The van der Waals surface area contributed by atoms with E-state index < -0.39 is 28.7 Å². The maximum atomic E-state index is 13.7. The third-order valence-corrected chi connectivity index (χ3v) is 7.79. The van der Waals surface area contributed by atoms with E-state index in [0.717, 1.165) is 29.8 Å². The molecule has 0 fully saturated rings. The van der Waals surface area contributed by atoms with Crippen molar-refractivity contribution >= 4 is 43.6 Å². The molecule has 0 bridgehead atoms. The van der Waals surface area contributed by atoms with Crippen molar-refractivity contribution < 1.29 is 18.0 Å². The van der Waals surface area contributed by atoms with Crippen molar-refractivity contribution in [3.63, 3.8) is 0 Å². The zero-order chi connectivity index (χ0) is 26.5. The molecule has 1 N–H and O–H groups in total. The van der Waals surface area contributed by atoms with Crippen molar-refractivity contribution in [1.29, 1.82) is 0 Å². The number of hydrogen-bond acceptors (Lipinski definition) is 4. The minimum absolute atomic E-state index is 0.103. The Hall–Kier alpha value is -2.43. The van der Waals surface area contributed by atoms with Crippen LogP contribution in [0.3, 0.4) is 0 Å². The first-order valence-electron chi connectivity index (χ1n) is 11.4. The van der Waals surface area contributed by atoms with E-state index in [1.54, 1.807) is 19.9 Å². The number of hydrogen-bond donors (Lipinski definition) is 1. The summed E-state index contributed by atoms with van der Waals surface area (Å²) < 4.78 is 29.6. The Kier molecular flexibility index (Phi) is 9.88. The molecule has 2 aromatic carbocycles. The number of benzene rings is 2. The summed E-state index contributed by atoms with van der Waals surface area (Å²) in [4.78, 5) is 28.0. The lowest BCUT2D eigenvalue weighted by atomic mass is 10.1. The molecule has 0 aliphatic carbocycles. The van der Waals surface area contributed by atoms with Gasteiger partial charge in [0.25, 0.3) is 0 Å². The quantitative estimate of drug-likeness (QED) is 0.475. The van der Waals surface area contributed by atoms with Crippen molar-refractivity contribution in [3.05, 3.63) is 63.6 Å². The lowest BCUT2D eigenvalue weighted by molar-refractivity contribution is -0.139. The van der Waals surface area contributed by atoms with Gasteiger partial charge in [-0.1, -0.05) is 40.2 Å². The molecule has 0 unspecified atom stereocenters. The maximum Gasteiger partial charge on any atom is 0.304 e. The summed E-state index contributed by atoms with van der Waals surface area (Å²) in [5.74, 6) is -0.792. The number of nitrogens with one attached hydrogen (secondary N) is 1. The number of carbonyl (C=O) groups is 2. The molecule has 2 rings (SSSR count). The molecule has 10 heteroatoms. The van der Waals surface area contributed by atoms with Crippen molar-refractivity contribution in [2.24, 2.45) is 0 Å². The summed E-state index contributed by atoms with van der Waals surface area (Å²) in [5, 5.41) is 2.84. The Balaban J connectivity index is 2.51. The number of rotatable bonds is 10. The molecule has 0 aromatic heterocycles. The first-order chi connectivity index (χ1) is 16.2. The molecule has 2 amide bonds. The molecule has 8 nitrogen and oxygen atoms in total. The molecule has 0 heterocycles. The first kappa shape index (κ1) is 28.8. The first-order valence-corrected chi connectivity index (χ1v) is 13.5. The molecular weight excluding hydrogens is 532 g/mol. The number of aryl methyl sites for hydroxylation is 2. The average Bonchev–Trinajstić information content (AvgIpc) is 2.76. The van der Waals surface area contributed by atoms with Gasteiger partial charge in [0.1, 0.15) is 12.6 Å². The smallest absolute Gasteiger partial charge is 0.304 e. The van der Waals surface area contributed by atoms with Crippen LogP contribution < -0.4 is 9.62 Å². The van der Waals surface area contributed by atoms with E-state index in [1.807, 2.05) is 57.2 Å². The van der Waals surface area contributed by atoms with Crippen LogP contribution in [0.5, 0.6) is 0 Å². The highest BCUT2D eigenvalue weighted by molar-refractivity contribution is 9.10. The summed E-state index contributed by atoms with van der Waals surface area (Å²) >= 11 is 3.44. The molecule has 0 aliphatic heterocycles. The molecular formula is C25H35BrN4O4S. The molecule has 192 valence electrons. The van der Waals surface area contributed by atoms with Gasteiger partial charge in [0.15, 0.2) is 0 Å². The standard InChI is InChI=1S/C25H35BrN4O4S/c1-17(2)27-25(32)20(5)29(15-21-9-8-10-22(26)14-21)24(31)16-30(35(33,34)28(6)7)23-13-18(3)11-12-19(23)4/h8-14,17,20H,15-16H2,1-7H3,(H,27,32)/t20-/m0/s1. The third-order valence-electron chi connectivity index (χ3n) is 5.49. The van der Waals surface area contributed by atoms with Gasteiger partial charge < -0.3 is 10.2 Å². The number of halogens is 1. The lowest BCUT2D eigenvalue weighted by Crippen LogP contribution is -2.53. The van der Waals surface area contributed by atoms with E-state index >= 15 is 0 Å². The number of carbonyl (C=O) groups excluding carboxylic acids is 2. The maximum absolute atomic E-state index is 13.7. The predicted molar refractivity (Wildman–Crippen MR) is 143 cm³/mol. The minimum atomic E-state index is -3.99. The highest BCUT2D eigenvalue weighted by Gasteiger charge is 2.33. The molecule has 0 spiro atoms. The van der Waals surface area contributed by atoms with Gasteiger partial charge in [0, 0.05) is 31.2 Å². The van der Waals surface area contributed by atoms with Crippen LogP contribution in [-0.2, 0) is 26.3 Å². The van der Waals surface area contributed by atoms with Gasteiger partial charge >= 0.3 is 10.2 Å². The fourth-order valence-electron chi connectivity index (χ4n) is 3.51. The van der Waals surface area contributed by atoms with Crippen molar-refractivity contribution in [2.75, 3.05) is 24.9 Å². The summed E-state index contributed by atoms with van der Waals surface area (Å²) in [6, 6.07) is 12.0. The van der Waals surface area contributed by atoms with Crippen molar-refractivity contribution in [1.82, 2.24) is 14.5 Å². The summed E-state index contributed by atoms with van der Waals surface area (Å²) in [7, 11) is -1.14. The van der Waals surface area contributed by atoms with Gasteiger partial charge in [0.2, 0.25) is 11.8 Å². The van der Waals surface area contributed by atoms with Gasteiger partial charge in [-0.2, -0.15) is 12.7 Å². The Morgan fingerprint density at radius 1 is 1.03 bits per heavy atom. The molecule has 1 atom stereocenters. The fourth-order valence-corrected chi connectivity index (χ4v) is 5.07. The highest BCUT2D eigenvalue weighted by atomic mass is 79.9. The Morgan fingerprint density at radius 2 is 1.69 bits per heavy atom. The van der Waals surface area contributed by atoms with E-state index in [4.69, 9.17) is 0 Å². The zero-order valence-corrected chi connectivity index (χ0v) is 23.8. The molecule has 35 heavy (non-hydrogen) atoms. The van der Waals surface area contributed by atoms with Gasteiger partial charge in [0.05, 0.1) is 5.69 Å². The Labute approximate surface area is 217 Å². The summed E-state index contributed by atoms with van der Waals surface area (Å²) in [6.07, 6.45) is 0. The van der Waals surface area contributed by atoms with E-state index in [9.17, 15) is 18.0 Å². The molecule has 2 aromatic rings. The van der Waals surface area contributed by atoms with Gasteiger partial charge in [-0.15, -0.1) is 0 Å². The van der Waals surface area contributed by atoms with Gasteiger partial charge in [-0.3, -0.25) is 9.59 Å². The lowest BCUT2D eigenvalue weighted by Gasteiger charge is -2.33. The van der Waals surface area contributed by atoms with Gasteiger partial charge in [-0.25, -0.2) is 4.31 Å². The van der Waals surface area contributed by atoms with Crippen LogP contribution in [0, 0.1) is 13.8 Å². The van der Waals surface area contributed by atoms with Crippen LogP contribution in [0.2, 0.25) is 0 Å². The van der Waals surface area contributed by atoms with Crippen molar-refractivity contribution in [2.45, 2.75) is 53.2 Å². The highest BCUT2D eigenvalue weighted by Crippen LogP contribution is 2.26. The molecule has 0 saturated carbocycles. The molecule has 0 saturated heterocycles. The van der Waals surface area contributed by atoms with Crippen LogP contribution in [0.1, 0.15) is 37.5 Å². The van der Waals surface area contributed by atoms with Crippen molar-refractivity contribution in [3.8, 4) is 0 Å². The molecule has 0 radical (unpaired) electrons. The third kappa shape index (κ3) is 7.52. The van der Waals surface area contributed by atoms with Crippen LogP contribution in [-0.4, -0.2) is 62.2 Å². The van der Waals surface area contributed by atoms with E-state index in [2.05, 4.69) is 21.2 Å². The summed E-state index contributed by atoms with van der Waals surface area (Å²) in [6.45, 7) is 8.70. The number of nitrogens with zero attached hydrogens (tertiary/aromatic N) is 3. The average molecular weight is 568 g/mol. The van der Waals surface area contributed by atoms with E-state index in [1.165, 1.54) is 19.0 Å². The normalized spacial score (nSPS) is 12.5. The zero-order valence-electron chi connectivity index (χ0n) is 21.4. The predicted octanol–water partition coefficient (Wildman–Crippen LogP) is 3.62. The Bertz CT molecular complexity index is 1170. The van der Waals surface area contributed by atoms with E-state index in [-0.39, 0.29) is 18.5 Å². The minimum Gasteiger partial charge on any atom is -0.352 e. The second-order valence-electron chi connectivity index (χ2n) is 9.08. The van der Waals surface area contributed by atoms with Crippen LogP contribution in [0.25, 0.3) is 0 Å². The second kappa shape index (κ2) is 12.0. The number of amides is 2. The van der Waals surface area contributed by atoms with Crippen LogP contribution >= 0.6 is 15.9 Å². The number of anilines is 1. The monoisotopic (exact) mass is 566 g/mol. The fraction of sp³-hybridized carbons (Fsp3) is 0.440. The van der Waals surface area contributed by atoms with Gasteiger partial charge in [-0.05, 0) is 69.5 Å². The van der Waals surface area contributed by atoms with Crippen LogP contribution in [0.4, 0.5) is 5.69 Å². The van der Waals surface area contributed by atoms with E-state index in [0.29, 0.717) is 5.69 Å². The SMILES string of the molecule is Cc1ccc(C)c(N(CC(=O)N(Cc2cccc(Br)c2)[C@@H](C)C(=O)NC(C)C)S(=O)(=O)N(C)C)c1.